The molecule has 5 nitrogen and oxygen atoms in total. The zero-order chi connectivity index (χ0) is 11.5. The number of carboxylic acids is 1. The lowest BCUT2D eigenvalue weighted by Crippen LogP contribution is -2.36. The topological polar surface area (TPSA) is 75.6 Å². The maximum absolute atomic E-state index is 10.6. The van der Waals surface area contributed by atoms with Gasteiger partial charge in [0.25, 0.3) is 0 Å². The van der Waals surface area contributed by atoms with Gasteiger partial charge in [0, 0.05) is 12.4 Å². The molecule has 0 aromatic rings. The van der Waals surface area contributed by atoms with Crippen molar-refractivity contribution in [2.45, 2.75) is 19.4 Å². The van der Waals surface area contributed by atoms with Crippen LogP contribution in [0.15, 0.2) is 0 Å². The number of hydrogen-bond donors (Lipinski definition) is 2. The monoisotopic (exact) mass is 235 g/mol. The highest BCUT2D eigenvalue weighted by Crippen LogP contribution is 2.05. The van der Waals surface area contributed by atoms with Crippen molar-refractivity contribution >= 4 is 24.1 Å². The van der Waals surface area contributed by atoms with E-state index in [0.29, 0.717) is 31.8 Å². The van der Waals surface area contributed by atoms with Gasteiger partial charge in [-0.25, -0.2) is 4.79 Å². The van der Waals surface area contributed by atoms with Crippen LogP contribution in [0.25, 0.3) is 0 Å². The van der Waals surface area contributed by atoms with Gasteiger partial charge < -0.3 is 15.2 Å². The zero-order valence-electron chi connectivity index (χ0n) is 8.77. The molecular weight excluding hydrogens is 218 g/mol. The van der Waals surface area contributed by atoms with Crippen LogP contribution >= 0.6 is 11.8 Å². The lowest BCUT2D eigenvalue weighted by molar-refractivity contribution is -0.140. The number of carbonyl (C=O) groups is 2. The van der Waals surface area contributed by atoms with Gasteiger partial charge in [-0.1, -0.05) is 0 Å². The van der Waals surface area contributed by atoms with Crippen LogP contribution in [0.3, 0.4) is 0 Å². The Balaban J connectivity index is 3.45. The number of hydrogen-bond acceptors (Lipinski definition) is 4. The van der Waals surface area contributed by atoms with Crippen molar-refractivity contribution in [2.24, 2.45) is 0 Å². The third-order valence-corrected chi connectivity index (χ3v) is 2.67. The first-order chi connectivity index (χ1) is 7.22. The van der Waals surface area contributed by atoms with E-state index in [4.69, 9.17) is 9.84 Å². The van der Waals surface area contributed by atoms with Crippen molar-refractivity contribution < 1.29 is 19.4 Å². The molecule has 0 bridgehead atoms. The number of amides is 1. The number of ether oxygens (including phenoxy) is 1. The average Bonchev–Trinajstić information content (AvgIpc) is 2.21. The molecule has 15 heavy (non-hydrogen) atoms. The van der Waals surface area contributed by atoms with E-state index in [1.165, 1.54) is 0 Å². The van der Waals surface area contributed by atoms with Gasteiger partial charge >= 0.3 is 5.97 Å². The van der Waals surface area contributed by atoms with E-state index < -0.39 is 12.0 Å². The molecule has 1 atom stereocenters. The number of aliphatic carboxylic acids is 1. The Bertz CT molecular complexity index is 189. The molecule has 6 heteroatoms. The summed E-state index contributed by atoms with van der Waals surface area (Å²) in [4.78, 5) is 20.7. The van der Waals surface area contributed by atoms with Gasteiger partial charge in [0.15, 0.2) is 0 Å². The molecule has 0 aliphatic heterocycles. The summed E-state index contributed by atoms with van der Waals surface area (Å²) in [5, 5.41) is 10.9. The molecule has 1 amide bonds. The van der Waals surface area contributed by atoms with Crippen LogP contribution in [0.5, 0.6) is 0 Å². The van der Waals surface area contributed by atoms with Crippen LogP contribution in [0.2, 0.25) is 0 Å². The normalized spacial score (nSPS) is 12.1. The lowest BCUT2D eigenvalue weighted by atomic mass is 10.2. The number of carbonyl (C=O) groups excluding carboxylic acids is 1. The first-order valence-corrected chi connectivity index (χ1v) is 5.95. The second kappa shape index (κ2) is 9.79. The minimum atomic E-state index is -0.993. The predicted octanol–water partition coefficient (Wildman–Crippen LogP) is 0.345. The number of carboxylic acid groups (broad SMARTS) is 1. The van der Waals surface area contributed by atoms with Gasteiger partial charge in [-0.3, -0.25) is 4.79 Å². The Labute approximate surface area is 93.6 Å². The van der Waals surface area contributed by atoms with Gasteiger partial charge in [-0.2, -0.15) is 11.8 Å². The second-order valence-corrected chi connectivity index (χ2v) is 4.00. The minimum Gasteiger partial charge on any atom is -0.480 e. The summed E-state index contributed by atoms with van der Waals surface area (Å²) in [5.41, 5.74) is 0. The largest absolute Gasteiger partial charge is 0.480 e. The Morgan fingerprint density at radius 2 is 2.33 bits per heavy atom. The molecule has 0 fully saturated rings. The van der Waals surface area contributed by atoms with Gasteiger partial charge in [0.05, 0.1) is 6.61 Å². The molecule has 0 aliphatic rings. The van der Waals surface area contributed by atoms with Gasteiger partial charge in [0.2, 0.25) is 6.41 Å². The average molecular weight is 235 g/mol. The van der Waals surface area contributed by atoms with E-state index in [9.17, 15) is 9.59 Å². The lowest BCUT2D eigenvalue weighted by Gasteiger charge is -2.10. The SMILES string of the molecule is CCOCCSCCC(NC=O)C(=O)O. The summed E-state index contributed by atoms with van der Waals surface area (Å²) >= 11 is 1.62. The van der Waals surface area contributed by atoms with E-state index in [1.54, 1.807) is 11.8 Å². The summed E-state index contributed by atoms with van der Waals surface area (Å²) < 4.78 is 5.13. The summed E-state index contributed by atoms with van der Waals surface area (Å²) in [6, 6.07) is -0.776. The van der Waals surface area contributed by atoms with Crippen LogP contribution in [0, 0.1) is 0 Å². The van der Waals surface area contributed by atoms with Crippen LogP contribution in [-0.2, 0) is 14.3 Å². The molecule has 88 valence electrons. The van der Waals surface area contributed by atoms with Crippen molar-refractivity contribution in [3.05, 3.63) is 0 Å². The second-order valence-electron chi connectivity index (χ2n) is 2.77. The molecule has 2 N–H and O–H groups in total. The quantitative estimate of drug-likeness (QED) is 0.422. The number of thioether (sulfide) groups is 1. The molecule has 0 saturated carbocycles. The molecular formula is C9H17NO4S. The van der Waals surface area contributed by atoms with Crippen LogP contribution in [-0.4, -0.2) is 48.2 Å². The van der Waals surface area contributed by atoms with E-state index in [0.717, 1.165) is 5.75 Å². The van der Waals surface area contributed by atoms with Crippen LogP contribution < -0.4 is 5.32 Å². The molecule has 0 radical (unpaired) electrons. The molecule has 0 aromatic carbocycles. The standard InChI is InChI=1S/C9H17NO4S/c1-2-14-4-6-15-5-3-8(9(12)13)10-7-11/h7-8H,2-6H2,1H3,(H,10,11)(H,12,13). The maximum Gasteiger partial charge on any atom is 0.326 e. The molecule has 0 rings (SSSR count). The Morgan fingerprint density at radius 1 is 1.60 bits per heavy atom. The highest BCUT2D eigenvalue weighted by molar-refractivity contribution is 7.99. The first kappa shape index (κ1) is 14.2. The van der Waals surface area contributed by atoms with E-state index in [1.807, 2.05) is 6.92 Å². The molecule has 0 spiro atoms. The fourth-order valence-corrected chi connectivity index (χ4v) is 1.77. The van der Waals surface area contributed by atoms with Gasteiger partial charge in [0.1, 0.15) is 6.04 Å². The number of nitrogens with one attached hydrogen (secondary N) is 1. The van der Waals surface area contributed by atoms with Crippen molar-refractivity contribution in [1.29, 1.82) is 0 Å². The summed E-state index contributed by atoms with van der Waals surface area (Å²) in [6.07, 6.45) is 0.856. The molecule has 0 aliphatic carbocycles. The van der Waals surface area contributed by atoms with Gasteiger partial charge in [-0.05, 0) is 19.1 Å². The molecule has 1 unspecified atom stereocenters. The van der Waals surface area contributed by atoms with Crippen molar-refractivity contribution in [2.75, 3.05) is 24.7 Å². The predicted molar refractivity (Wildman–Crippen MR) is 59.1 cm³/mol. The zero-order valence-corrected chi connectivity index (χ0v) is 9.59. The van der Waals surface area contributed by atoms with Crippen LogP contribution in [0.1, 0.15) is 13.3 Å². The third-order valence-electron chi connectivity index (χ3n) is 1.69. The molecule has 0 heterocycles. The van der Waals surface area contributed by atoms with Gasteiger partial charge in [-0.15, -0.1) is 0 Å². The Hall–Kier alpha value is -0.750. The van der Waals surface area contributed by atoms with Crippen molar-refractivity contribution in [1.82, 2.24) is 5.32 Å². The molecule has 0 aromatic heterocycles. The Morgan fingerprint density at radius 3 is 2.87 bits per heavy atom. The smallest absolute Gasteiger partial charge is 0.326 e. The maximum atomic E-state index is 10.6. The fourth-order valence-electron chi connectivity index (χ4n) is 0.926. The van der Waals surface area contributed by atoms with Crippen molar-refractivity contribution in [3.63, 3.8) is 0 Å². The van der Waals surface area contributed by atoms with E-state index in [2.05, 4.69) is 5.32 Å². The highest BCUT2D eigenvalue weighted by atomic mass is 32.2. The summed E-state index contributed by atoms with van der Waals surface area (Å²) in [5.74, 6) is 0.555. The van der Waals surface area contributed by atoms with E-state index >= 15 is 0 Å². The van der Waals surface area contributed by atoms with Crippen LogP contribution in [0.4, 0.5) is 0 Å². The fraction of sp³-hybridized carbons (Fsp3) is 0.778. The third kappa shape index (κ3) is 8.26. The Kier molecular flexibility index (Phi) is 9.30. The van der Waals surface area contributed by atoms with E-state index in [-0.39, 0.29) is 0 Å². The minimum absolute atomic E-state index is 0.420. The summed E-state index contributed by atoms with van der Waals surface area (Å²) in [6.45, 7) is 3.31. The first-order valence-electron chi connectivity index (χ1n) is 4.80. The highest BCUT2D eigenvalue weighted by Gasteiger charge is 2.14. The summed E-state index contributed by atoms with van der Waals surface area (Å²) in [7, 11) is 0. The number of rotatable bonds is 10. The van der Waals surface area contributed by atoms with Crippen molar-refractivity contribution in [3.8, 4) is 0 Å². The molecule has 0 saturated heterocycles.